The largest absolute Gasteiger partial charge is 0.497 e. The van der Waals surface area contributed by atoms with E-state index in [1.165, 1.54) is 12.0 Å². The van der Waals surface area contributed by atoms with Crippen LogP contribution in [0, 0.1) is 11.3 Å². The minimum absolute atomic E-state index is 0.130. The Morgan fingerprint density at radius 3 is 2.94 bits per heavy atom. The fourth-order valence-electron chi connectivity index (χ4n) is 4.25. The van der Waals surface area contributed by atoms with Crippen LogP contribution in [0.5, 0.6) is 5.75 Å². The first-order chi connectivity index (χ1) is 14.9. The summed E-state index contributed by atoms with van der Waals surface area (Å²) >= 11 is 0. The van der Waals surface area contributed by atoms with Gasteiger partial charge in [0, 0.05) is 30.3 Å². The van der Waals surface area contributed by atoms with E-state index < -0.39 is 23.6 Å². The molecule has 0 saturated carbocycles. The van der Waals surface area contributed by atoms with Crippen LogP contribution >= 0.6 is 0 Å². The molecule has 1 saturated heterocycles. The third kappa shape index (κ3) is 2.78. The summed E-state index contributed by atoms with van der Waals surface area (Å²) in [7, 11) is 1.52. The van der Waals surface area contributed by atoms with Gasteiger partial charge in [-0.05, 0) is 23.8 Å². The van der Waals surface area contributed by atoms with Crippen molar-refractivity contribution in [1.82, 2.24) is 15.5 Å². The number of hydrogen-bond acceptors (Lipinski definition) is 7. The Bertz CT molecular complexity index is 1180. The fraction of sp³-hybridized carbons (Fsp3) is 0.286. The number of nitrogens with zero attached hydrogens (tertiary/aromatic N) is 3. The number of methoxy groups -OCH3 is 1. The van der Waals surface area contributed by atoms with Crippen molar-refractivity contribution in [3.8, 4) is 11.8 Å². The monoisotopic (exact) mass is 419 g/mol. The number of allylic oxidation sites excluding steroid dienone is 1. The molecule has 0 aromatic heterocycles. The summed E-state index contributed by atoms with van der Waals surface area (Å²) in [5, 5.41) is 14.2. The number of hydrogen-bond donors (Lipinski definition) is 2. The van der Waals surface area contributed by atoms with E-state index in [1.807, 2.05) is 6.07 Å². The quantitative estimate of drug-likeness (QED) is 0.693. The molecule has 0 radical (unpaired) electrons. The van der Waals surface area contributed by atoms with Crippen LogP contribution in [0.1, 0.15) is 22.3 Å². The molecule has 1 aromatic carbocycles. The summed E-state index contributed by atoms with van der Waals surface area (Å²) in [5.74, 6) is -0.171. The second-order valence-corrected chi connectivity index (χ2v) is 7.58. The van der Waals surface area contributed by atoms with E-state index in [-0.39, 0.29) is 30.5 Å². The van der Waals surface area contributed by atoms with Crippen molar-refractivity contribution in [3.05, 3.63) is 52.4 Å². The molecule has 5 rings (SSSR count). The van der Waals surface area contributed by atoms with Crippen molar-refractivity contribution in [2.24, 2.45) is 4.99 Å². The van der Waals surface area contributed by atoms with Gasteiger partial charge in [0.2, 0.25) is 0 Å². The fourth-order valence-corrected chi connectivity index (χ4v) is 4.25. The first-order valence-corrected chi connectivity index (χ1v) is 9.60. The number of urea groups is 1. The van der Waals surface area contributed by atoms with Gasteiger partial charge >= 0.3 is 6.03 Å². The molecule has 10 nitrogen and oxygen atoms in total. The maximum Gasteiger partial charge on any atom is 0.322 e. The van der Waals surface area contributed by atoms with Crippen molar-refractivity contribution in [1.29, 1.82) is 5.26 Å². The van der Waals surface area contributed by atoms with Crippen molar-refractivity contribution in [3.63, 3.8) is 0 Å². The lowest BCUT2D eigenvalue weighted by Crippen LogP contribution is -2.57. The van der Waals surface area contributed by atoms with E-state index in [1.54, 1.807) is 30.5 Å². The number of aliphatic imine (C=N–C) groups is 1. The summed E-state index contributed by atoms with van der Waals surface area (Å²) < 4.78 is 11.2. The second kappa shape index (κ2) is 6.70. The van der Waals surface area contributed by atoms with Crippen LogP contribution in [-0.4, -0.2) is 54.3 Å². The van der Waals surface area contributed by atoms with Crippen LogP contribution in [0.2, 0.25) is 0 Å². The van der Waals surface area contributed by atoms with Crippen molar-refractivity contribution in [2.45, 2.75) is 24.6 Å². The van der Waals surface area contributed by atoms with E-state index in [0.717, 1.165) is 5.56 Å². The minimum atomic E-state index is -1.61. The third-order valence-corrected chi connectivity index (χ3v) is 5.81. The number of fused-ring (bicyclic) bond motifs is 2. The highest BCUT2D eigenvalue weighted by Gasteiger charge is 2.55. The molecule has 2 unspecified atom stereocenters. The molecule has 4 aliphatic heterocycles. The van der Waals surface area contributed by atoms with Gasteiger partial charge in [-0.2, -0.15) is 5.26 Å². The number of nitriles is 1. The molecule has 2 atom stereocenters. The molecule has 1 aromatic rings. The van der Waals surface area contributed by atoms with Crippen LogP contribution < -0.4 is 15.4 Å². The van der Waals surface area contributed by atoms with Gasteiger partial charge in [-0.25, -0.2) is 9.79 Å². The standard InChI is InChI=1S/C21H17N5O5/c1-30-12-3-2-11-9-26(18(27)13(11)6-12)10-21(19(28)24-20(29)25-21)17-7-14-15(8-22)23-5-4-16(14)31-17/h2-3,5-7,16H,4,9-10H2,1H3,(H2,24,25,28,29). The van der Waals surface area contributed by atoms with E-state index in [4.69, 9.17) is 9.47 Å². The normalized spacial score (nSPS) is 26.1. The van der Waals surface area contributed by atoms with Crippen molar-refractivity contribution >= 4 is 24.1 Å². The zero-order valence-electron chi connectivity index (χ0n) is 16.5. The first kappa shape index (κ1) is 18.9. The second-order valence-electron chi connectivity index (χ2n) is 7.58. The topological polar surface area (TPSA) is 133 Å². The average Bonchev–Trinajstić information content (AvgIpc) is 3.42. The molecular formula is C21H17N5O5. The SMILES string of the molecule is COc1ccc2c(c1)C(=O)N(CC1(C3=CC4=C(C#N)N=CCC4O3)NC(=O)NC1=O)C2. The third-order valence-electron chi connectivity index (χ3n) is 5.81. The molecule has 4 aliphatic rings. The molecule has 0 aliphatic carbocycles. The Labute approximate surface area is 176 Å². The summed E-state index contributed by atoms with van der Waals surface area (Å²) in [4.78, 5) is 43.6. The number of imide groups is 1. The van der Waals surface area contributed by atoms with Crippen molar-refractivity contribution < 1.29 is 23.9 Å². The molecule has 10 heteroatoms. The molecule has 4 heterocycles. The Hall–Kier alpha value is -4.13. The zero-order chi connectivity index (χ0) is 21.8. The molecule has 1 fully saturated rings. The maximum absolute atomic E-state index is 13.0. The highest BCUT2D eigenvalue weighted by atomic mass is 16.5. The number of amides is 4. The van der Waals surface area contributed by atoms with Crippen molar-refractivity contribution in [2.75, 3.05) is 13.7 Å². The Balaban J connectivity index is 1.51. The number of nitrogens with one attached hydrogen (secondary N) is 2. The van der Waals surface area contributed by atoms with E-state index in [0.29, 0.717) is 23.3 Å². The molecule has 2 N–H and O–H groups in total. The van der Waals surface area contributed by atoms with E-state index in [9.17, 15) is 19.6 Å². The number of carbonyl (C=O) groups excluding carboxylic acids is 3. The Kier molecular flexibility index (Phi) is 4.08. The zero-order valence-corrected chi connectivity index (χ0v) is 16.5. The molecule has 4 amide bonds. The van der Waals surface area contributed by atoms with Gasteiger partial charge in [0.1, 0.15) is 29.4 Å². The van der Waals surface area contributed by atoms with E-state index >= 15 is 0 Å². The van der Waals surface area contributed by atoms with Gasteiger partial charge in [0.05, 0.1) is 13.7 Å². The van der Waals surface area contributed by atoms with Crippen LogP contribution in [0.4, 0.5) is 4.79 Å². The maximum atomic E-state index is 13.0. The average molecular weight is 419 g/mol. The molecular weight excluding hydrogens is 402 g/mol. The van der Waals surface area contributed by atoms with Crippen LogP contribution in [0.25, 0.3) is 0 Å². The van der Waals surface area contributed by atoms with Gasteiger partial charge in [0.25, 0.3) is 11.8 Å². The minimum Gasteiger partial charge on any atom is -0.497 e. The van der Waals surface area contributed by atoms with Crippen LogP contribution in [0.15, 0.2) is 46.3 Å². The lowest BCUT2D eigenvalue weighted by atomic mass is 9.94. The lowest BCUT2D eigenvalue weighted by Gasteiger charge is -2.31. The summed E-state index contributed by atoms with van der Waals surface area (Å²) in [6.45, 7) is 0.143. The van der Waals surface area contributed by atoms with Gasteiger partial charge in [-0.3, -0.25) is 14.9 Å². The molecule has 0 bridgehead atoms. The smallest absolute Gasteiger partial charge is 0.322 e. The number of carbonyl (C=O) groups is 3. The predicted molar refractivity (Wildman–Crippen MR) is 106 cm³/mol. The molecule has 31 heavy (non-hydrogen) atoms. The lowest BCUT2D eigenvalue weighted by molar-refractivity contribution is -0.124. The highest BCUT2D eigenvalue weighted by Crippen LogP contribution is 2.38. The predicted octanol–water partition coefficient (Wildman–Crippen LogP) is 0.764. The number of benzene rings is 1. The van der Waals surface area contributed by atoms with Crippen LogP contribution in [-0.2, 0) is 16.1 Å². The van der Waals surface area contributed by atoms with E-state index in [2.05, 4.69) is 15.6 Å². The number of rotatable bonds is 4. The van der Waals surface area contributed by atoms with Gasteiger partial charge in [0.15, 0.2) is 5.54 Å². The Morgan fingerprint density at radius 2 is 2.23 bits per heavy atom. The highest BCUT2D eigenvalue weighted by molar-refractivity contribution is 6.10. The summed E-state index contributed by atoms with van der Waals surface area (Å²) in [5.41, 5.74) is 0.418. The molecule has 156 valence electrons. The van der Waals surface area contributed by atoms with Gasteiger partial charge in [-0.1, -0.05) is 6.07 Å². The van der Waals surface area contributed by atoms with Gasteiger partial charge < -0.3 is 19.7 Å². The summed E-state index contributed by atoms with van der Waals surface area (Å²) in [6.07, 6.45) is 3.11. The summed E-state index contributed by atoms with van der Waals surface area (Å²) in [6, 6.07) is 6.55. The van der Waals surface area contributed by atoms with Crippen LogP contribution in [0.3, 0.4) is 0 Å². The number of ether oxygens (including phenoxy) is 2. The first-order valence-electron chi connectivity index (χ1n) is 9.60. The van der Waals surface area contributed by atoms with Gasteiger partial charge in [-0.15, -0.1) is 0 Å². The molecule has 0 spiro atoms. The Morgan fingerprint density at radius 1 is 1.39 bits per heavy atom.